The van der Waals surface area contributed by atoms with Crippen molar-refractivity contribution in [2.75, 3.05) is 13.7 Å². The van der Waals surface area contributed by atoms with Gasteiger partial charge in [0.15, 0.2) is 5.52 Å². The molecule has 3 N–H and O–H groups in total. The molecular formula is C11H14FN4O4+. The Morgan fingerprint density at radius 3 is 3.05 bits per heavy atom. The first-order valence-corrected chi connectivity index (χ1v) is 6.08. The monoisotopic (exact) mass is 285 g/mol. The number of rotatable bonds is 3. The molecule has 0 amide bonds. The van der Waals surface area contributed by atoms with E-state index in [0.717, 1.165) is 4.57 Å². The molecule has 20 heavy (non-hydrogen) atoms. The highest BCUT2D eigenvalue weighted by molar-refractivity contribution is 5.68. The molecule has 1 aliphatic rings. The Kier molecular flexibility index (Phi) is 3.24. The first kappa shape index (κ1) is 13.2. The third kappa shape index (κ3) is 2.09. The van der Waals surface area contributed by atoms with Gasteiger partial charge in [-0.3, -0.25) is 0 Å². The molecule has 0 bridgehead atoms. The van der Waals surface area contributed by atoms with Crippen molar-refractivity contribution in [2.24, 2.45) is 0 Å². The van der Waals surface area contributed by atoms with Crippen molar-refractivity contribution < 1.29 is 28.6 Å². The van der Waals surface area contributed by atoms with E-state index in [-0.39, 0.29) is 24.7 Å². The van der Waals surface area contributed by atoms with E-state index in [0.29, 0.717) is 5.52 Å². The van der Waals surface area contributed by atoms with Gasteiger partial charge in [-0.05, 0) is 0 Å². The summed E-state index contributed by atoms with van der Waals surface area (Å²) in [5.74, 6) is 0. The maximum absolute atomic E-state index is 14.0. The van der Waals surface area contributed by atoms with Crippen LogP contribution >= 0.6 is 0 Å². The maximum atomic E-state index is 14.0. The summed E-state index contributed by atoms with van der Waals surface area (Å²) in [4.78, 5) is 10.5. The van der Waals surface area contributed by atoms with E-state index in [9.17, 15) is 9.50 Å². The van der Waals surface area contributed by atoms with Crippen molar-refractivity contribution in [3.8, 4) is 6.01 Å². The fourth-order valence-corrected chi connectivity index (χ4v) is 2.22. The number of hydrogen-bond acceptors (Lipinski definition) is 6. The van der Waals surface area contributed by atoms with E-state index in [1.165, 1.54) is 13.3 Å². The smallest absolute Gasteiger partial charge is 0.468 e. The number of hydrogen-bond donors (Lipinski definition) is 3. The van der Waals surface area contributed by atoms with Gasteiger partial charge in [0.25, 0.3) is 6.01 Å². The van der Waals surface area contributed by atoms with Crippen LogP contribution in [0.5, 0.6) is 6.01 Å². The number of nitrogens with zero attached hydrogens (tertiary/aromatic N) is 3. The van der Waals surface area contributed by atoms with E-state index >= 15 is 0 Å². The molecule has 1 unspecified atom stereocenters. The summed E-state index contributed by atoms with van der Waals surface area (Å²) >= 11 is 0. The van der Waals surface area contributed by atoms with Gasteiger partial charge >= 0.3 is 11.7 Å². The summed E-state index contributed by atoms with van der Waals surface area (Å²) in [7, 11) is 1.43. The normalized spacial score (nSPS) is 26.3. The minimum absolute atomic E-state index is 0.172. The number of nitrogens with one attached hydrogen (secondary N) is 1. The van der Waals surface area contributed by atoms with Gasteiger partial charge in [0.1, 0.15) is 12.3 Å². The second-order valence-corrected chi connectivity index (χ2v) is 4.52. The summed E-state index contributed by atoms with van der Waals surface area (Å²) in [6.45, 7) is -0.326. The van der Waals surface area contributed by atoms with E-state index in [1.54, 1.807) is 0 Å². The molecule has 1 fully saturated rings. The minimum atomic E-state index is -0.844. The summed E-state index contributed by atoms with van der Waals surface area (Å²) in [6.07, 6.45) is -1.46. The number of ether oxygens (including phenoxy) is 2. The van der Waals surface area contributed by atoms with Gasteiger partial charge in [-0.2, -0.15) is 9.55 Å². The van der Waals surface area contributed by atoms with Gasteiger partial charge < -0.3 is 24.7 Å². The molecule has 1 aliphatic heterocycles. The van der Waals surface area contributed by atoms with E-state index in [2.05, 4.69) is 15.0 Å². The van der Waals surface area contributed by atoms with Crippen molar-refractivity contribution in [2.45, 2.75) is 24.9 Å². The topological polar surface area (TPSA) is 104 Å². The lowest BCUT2D eigenvalue weighted by atomic mass is 10.2. The second-order valence-electron chi connectivity index (χ2n) is 4.52. The van der Waals surface area contributed by atoms with Crippen molar-refractivity contribution in [1.82, 2.24) is 15.0 Å². The lowest BCUT2D eigenvalue weighted by Gasteiger charge is -2.10. The van der Waals surface area contributed by atoms with E-state index in [4.69, 9.17) is 14.6 Å². The Morgan fingerprint density at radius 1 is 1.60 bits per heavy atom. The van der Waals surface area contributed by atoms with Crippen molar-refractivity contribution >= 4 is 11.2 Å². The molecular weight excluding hydrogens is 271 g/mol. The number of fused-ring (bicyclic) bond motifs is 1. The summed E-state index contributed by atoms with van der Waals surface area (Å²) in [5, 5.41) is 18.7. The highest BCUT2D eigenvalue weighted by Crippen LogP contribution is 2.25. The van der Waals surface area contributed by atoms with E-state index in [1.807, 2.05) is 0 Å². The van der Waals surface area contributed by atoms with Crippen LogP contribution in [-0.2, 0) is 4.74 Å². The van der Waals surface area contributed by atoms with Crippen molar-refractivity contribution in [1.29, 1.82) is 0 Å². The van der Waals surface area contributed by atoms with Crippen LogP contribution < -0.4 is 9.30 Å². The number of aromatic amines is 1. The van der Waals surface area contributed by atoms with Gasteiger partial charge in [0.05, 0.1) is 19.8 Å². The molecule has 8 nitrogen and oxygen atoms in total. The van der Waals surface area contributed by atoms with Gasteiger partial charge in [-0.1, -0.05) is 0 Å². The van der Waals surface area contributed by atoms with E-state index < -0.39 is 24.5 Å². The average Bonchev–Trinajstić information content (AvgIpc) is 3.00. The lowest BCUT2D eigenvalue weighted by Crippen LogP contribution is -2.44. The fraction of sp³-hybridized carbons (Fsp3) is 0.545. The van der Waals surface area contributed by atoms with Gasteiger partial charge in [0.2, 0.25) is 6.23 Å². The average molecular weight is 285 g/mol. The number of methoxy groups -OCH3 is 1. The van der Waals surface area contributed by atoms with Gasteiger partial charge in [-0.15, -0.1) is 4.39 Å². The number of aliphatic hydroxyl groups is 2. The molecule has 3 heterocycles. The molecule has 3 atom stereocenters. The Labute approximate surface area is 112 Å². The summed E-state index contributed by atoms with van der Waals surface area (Å²) in [5.41, 5.74) is 0.668. The van der Waals surface area contributed by atoms with Crippen LogP contribution in [0.1, 0.15) is 12.6 Å². The fourth-order valence-electron chi connectivity index (χ4n) is 2.22. The molecule has 0 aliphatic carbocycles. The Morgan fingerprint density at radius 2 is 2.40 bits per heavy atom. The van der Waals surface area contributed by atoms with Crippen LogP contribution in [0.4, 0.5) is 4.39 Å². The molecule has 0 saturated carbocycles. The molecule has 0 aromatic carbocycles. The van der Waals surface area contributed by atoms with Crippen molar-refractivity contribution in [3.05, 3.63) is 12.3 Å². The largest absolute Gasteiger partial charge is 0.492 e. The zero-order chi connectivity index (χ0) is 14.3. The molecule has 9 heteroatoms. The highest BCUT2D eigenvalue weighted by Gasteiger charge is 2.39. The quantitative estimate of drug-likeness (QED) is 0.495. The van der Waals surface area contributed by atoms with Gasteiger partial charge in [-0.25, -0.2) is 0 Å². The molecule has 0 radical (unpaired) electrons. The van der Waals surface area contributed by atoms with Crippen LogP contribution in [-0.4, -0.2) is 51.1 Å². The second kappa shape index (κ2) is 4.93. The molecule has 0 spiro atoms. The minimum Gasteiger partial charge on any atom is -0.468 e. The zero-order valence-corrected chi connectivity index (χ0v) is 10.7. The molecule has 1 saturated heterocycles. The number of imidazole rings is 1. The number of aromatic nitrogens is 4. The SMILES string of the molecule is COc1nc2nc(F)[n+](C3C[C@H](O)[C@@H](CO)O3)cc2[nH]1. The molecule has 108 valence electrons. The highest BCUT2D eigenvalue weighted by atomic mass is 19.1. The zero-order valence-electron chi connectivity index (χ0n) is 10.7. The molecule has 2 aromatic heterocycles. The standard InChI is InChI=1S/C11H13FN4O4/c1-19-11-13-5-3-16(10(12)14-9(5)15-11)8-2-6(18)7(4-17)20-8/h3,6-8,17-18H,2,4H2,1H3/p+1/t6-,7+,8?/m0/s1. The number of H-pyrrole nitrogens is 1. The first-order valence-electron chi connectivity index (χ1n) is 6.08. The number of aliphatic hydroxyl groups excluding tert-OH is 2. The van der Waals surface area contributed by atoms with Crippen molar-refractivity contribution in [3.63, 3.8) is 0 Å². The Bertz CT molecular complexity index is 634. The predicted molar refractivity (Wildman–Crippen MR) is 62.2 cm³/mol. The van der Waals surface area contributed by atoms with Crippen LogP contribution in [0, 0.1) is 6.08 Å². The molecule has 2 aromatic rings. The maximum Gasteiger partial charge on any atom is 0.492 e. The molecule has 3 rings (SSSR count). The Hall–Kier alpha value is -1.84. The first-order chi connectivity index (χ1) is 9.62. The van der Waals surface area contributed by atoms with Crippen LogP contribution in [0.3, 0.4) is 0 Å². The summed E-state index contributed by atoms with van der Waals surface area (Å²) < 4.78 is 25.4. The Balaban J connectivity index is 1.97. The number of halogens is 1. The predicted octanol–water partition coefficient (Wildman–Crippen LogP) is -0.966. The van der Waals surface area contributed by atoms with Crippen LogP contribution in [0.25, 0.3) is 11.2 Å². The third-order valence-corrected chi connectivity index (χ3v) is 3.26. The third-order valence-electron chi connectivity index (χ3n) is 3.26. The van der Waals surface area contributed by atoms with Crippen LogP contribution in [0.15, 0.2) is 6.20 Å². The summed E-state index contributed by atoms with van der Waals surface area (Å²) in [6, 6.07) is 0.227. The van der Waals surface area contributed by atoms with Gasteiger partial charge in [0, 0.05) is 11.4 Å². The lowest BCUT2D eigenvalue weighted by molar-refractivity contribution is -0.784. The van der Waals surface area contributed by atoms with Crippen LogP contribution in [0.2, 0.25) is 0 Å².